The topological polar surface area (TPSA) is 3.88 Å². The van der Waals surface area contributed by atoms with Gasteiger partial charge in [-0.25, -0.2) is 0 Å². The standard InChI is InChI=1S/C17H22NS.HI/c1-2-3-4-6-13-18-14-7-5-9-16(18)11-12-17-10-8-15-19-17;/h5,7-12,14-15H,2-4,6,13H2,1H3;1H/q+1;/p-1/b12-11+;. The predicted octanol–water partition coefficient (Wildman–Crippen LogP) is 1.79. The number of unbranched alkanes of at least 4 members (excludes halogenated alkanes) is 3. The van der Waals surface area contributed by atoms with Gasteiger partial charge in [-0.15, -0.1) is 11.3 Å². The zero-order valence-electron chi connectivity index (χ0n) is 12.0. The maximum atomic E-state index is 2.35. The average Bonchev–Trinajstić information content (AvgIpc) is 2.96. The van der Waals surface area contributed by atoms with Gasteiger partial charge in [-0.2, -0.15) is 4.57 Å². The highest BCUT2D eigenvalue weighted by molar-refractivity contribution is 7.10. The van der Waals surface area contributed by atoms with Crippen LogP contribution in [0, 0.1) is 0 Å². The number of thiophene rings is 1. The Hall–Kier alpha value is -0.680. The number of nitrogens with zero attached hydrogens (tertiary/aromatic N) is 1. The first-order valence-electron chi connectivity index (χ1n) is 7.10. The molecule has 0 bridgehead atoms. The predicted molar refractivity (Wildman–Crippen MR) is 84.0 cm³/mol. The second-order valence-electron chi connectivity index (χ2n) is 4.73. The molecule has 0 aliphatic carbocycles. The van der Waals surface area contributed by atoms with Crippen LogP contribution in [0.1, 0.15) is 43.2 Å². The lowest BCUT2D eigenvalue weighted by molar-refractivity contribution is -0.699. The largest absolute Gasteiger partial charge is 1.00 e. The Morgan fingerprint density at radius 1 is 1.05 bits per heavy atom. The maximum absolute atomic E-state index is 2.35. The molecule has 0 spiro atoms. The minimum absolute atomic E-state index is 0. The summed E-state index contributed by atoms with van der Waals surface area (Å²) >= 11 is 1.78. The summed E-state index contributed by atoms with van der Waals surface area (Å²) in [5, 5.41) is 2.11. The van der Waals surface area contributed by atoms with E-state index in [4.69, 9.17) is 0 Å². The smallest absolute Gasteiger partial charge is 0.205 e. The highest BCUT2D eigenvalue weighted by Gasteiger charge is 2.05. The molecule has 108 valence electrons. The molecular weight excluding hydrogens is 377 g/mol. The van der Waals surface area contributed by atoms with E-state index in [0.717, 1.165) is 6.54 Å². The Morgan fingerprint density at radius 2 is 1.95 bits per heavy atom. The van der Waals surface area contributed by atoms with E-state index in [1.54, 1.807) is 11.3 Å². The van der Waals surface area contributed by atoms with E-state index in [-0.39, 0.29) is 24.0 Å². The lowest BCUT2D eigenvalue weighted by Gasteiger charge is -2.00. The monoisotopic (exact) mass is 399 g/mol. The molecule has 0 saturated carbocycles. The van der Waals surface area contributed by atoms with Gasteiger partial charge in [-0.1, -0.05) is 25.8 Å². The third-order valence-electron chi connectivity index (χ3n) is 3.19. The van der Waals surface area contributed by atoms with Crippen molar-refractivity contribution in [3.05, 3.63) is 52.5 Å². The summed E-state index contributed by atoms with van der Waals surface area (Å²) in [5.41, 5.74) is 1.28. The Balaban J connectivity index is 0.00000200. The minimum Gasteiger partial charge on any atom is -1.00 e. The molecule has 0 unspecified atom stereocenters. The van der Waals surface area contributed by atoms with Crippen LogP contribution in [0.3, 0.4) is 0 Å². The first kappa shape index (κ1) is 17.4. The van der Waals surface area contributed by atoms with Gasteiger partial charge < -0.3 is 24.0 Å². The molecule has 0 atom stereocenters. The number of aryl methyl sites for hydroxylation is 1. The Morgan fingerprint density at radius 3 is 2.70 bits per heavy atom. The summed E-state index contributed by atoms with van der Waals surface area (Å²) < 4.78 is 2.35. The molecular formula is C17H22INS. The van der Waals surface area contributed by atoms with E-state index in [2.05, 4.69) is 65.6 Å². The van der Waals surface area contributed by atoms with Crippen molar-refractivity contribution in [2.45, 2.75) is 39.2 Å². The highest BCUT2D eigenvalue weighted by Crippen LogP contribution is 2.12. The zero-order valence-corrected chi connectivity index (χ0v) is 14.9. The van der Waals surface area contributed by atoms with Crippen molar-refractivity contribution in [1.29, 1.82) is 0 Å². The van der Waals surface area contributed by atoms with Crippen LogP contribution >= 0.6 is 11.3 Å². The average molecular weight is 399 g/mol. The van der Waals surface area contributed by atoms with Crippen LogP contribution in [-0.4, -0.2) is 0 Å². The molecule has 0 fully saturated rings. The highest BCUT2D eigenvalue weighted by atomic mass is 127. The third kappa shape index (κ3) is 5.75. The number of hydrogen-bond donors (Lipinski definition) is 0. The van der Waals surface area contributed by atoms with Crippen LogP contribution < -0.4 is 28.5 Å². The van der Waals surface area contributed by atoms with E-state index >= 15 is 0 Å². The summed E-state index contributed by atoms with van der Waals surface area (Å²) in [6.07, 6.45) is 11.8. The van der Waals surface area contributed by atoms with E-state index in [1.165, 1.54) is 36.3 Å². The van der Waals surface area contributed by atoms with Gasteiger partial charge in [0, 0.05) is 29.5 Å². The van der Waals surface area contributed by atoms with Crippen LogP contribution in [0.5, 0.6) is 0 Å². The molecule has 2 rings (SSSR count). The number of halogens is 1. The molecule has 0 saturated heterocycles. The molecule has 20 heavy (non-hydrogen) atoms. The molecule has 2 aromatic rings. The fourth-order valence-corrected chi connectivity index (χ4v) is 2.73. The lowest BCUT2D eigenvalue weighted by atomic mass is 10.2. The second kappa shape index (κ2) is 10.1. The number of hydrogen-bond acceptors (Lipinski definition) is 1. The van der Waals surface area contributed by atoms with Crippen molar-refractivity contribution < 1.29 is 28.5 Å². The summed E-state index contributed by atoms with van der Waals surface area (Å²) in [6, 6.07) is 10.6. The Bertz CT molecular complexity index is 505. The van der Waals surface area contributed by atoms with Gasteiger partial charge in [0.15, 0.2) is 6.20 Å². The fourth-order valence-electron chi connectivity index (χ4n) is 2.11. The van der Waals surface area contributed by atoms with Crippen molar-refractivity contribution in [3.63, 3.8) is 0 Å². The summed E-state index contributed by atoms with van der Waals surface area (Å²) in [7, 11) is 0. The first-order valence-corrected chi connectivity index (χ1v) is 7.98. The Labute approximate surface area is 143 Å². The van der Waals surface area contributed by atoms with Crippen molar-refractivity contribution >= 4 is 23.5 Å². The molecule has 0 aromatic carbocycles. The van der Waals surface area contributed by atoms with E-state index in [9.17, 15) is 0 Å². The lowest BCUT2D eigenvalue weighted by Crippen LogP contribution is -3.00. The maximum Gasteiger partial charge on any atom is 0.205 e. The molecule has 3 heteroatoms. The van der Waals surface area contributed by atoms with Crippen LogP contribution in [0.4, 0.5) is 0 Å². The van der Waals surface area contributed by atoms with Crippen molar-refractivity contribution in [1.82, 2.24) is 0 Å². The molecule has 0 radical (unpaired) electrons. The van der Waals surface area contributed by atoms with E-state index in [0.29, 0.717) is 0 Å². The molecule has 2 heterocycles. The van der Waals surface area contributed by atoms with Gasteiger partial charge in [-0.05, 0) is 30.0 Å². The quantitative estimate of drug-likeness (QED) is 0.380. The number of pyridine rings is 1. The van der Waals surface area contributed by atoms with Gasteiger partial charge in [-0.3, -0.25) is 0 Å². The second-order valence-corrected chi connectivity index (χ2v) is 5.71. The molecule has 0 N–H and O–H groups in total. The third-order valence-corrected chi connectivity index (χ3v) is 4.03. The van der Waals surface area contributed by atoms with Gasteiger partial charge >= 0.3 is 0 Å². The van der Waals surface area contributed by atoms with Gasteiger partial charge in [0.2, 0.25) is 5.69 Å². The van der Waals surface area contributed by atoms with Crippen LogP contribution in [-0.2, 0) is 6.54 Å². The van der Waals surface area contributed by atoms with Crippen molar-refractivity contribution in [3.8, 4) is 0 Å². The van der Waals surface area contributed by atoms with Crippen LogP contribution in [0.15, 0.2) is 41.9 Å². The van der Waals surface area contributed by atoms with Gasteiger partial charge in [0.1, 0.15) is 6.54 Å². The summed E-state index contributed by atoms with van der Waals surface area (Å²) in [5.74, 6) is 0. The molecule has 1 nitrogen and oxygen atoms in total. The van der Waals surface area contributed by atoms with E-state index in [1.807, 2.05) is 0 Å². The summed E-state index contributed by atoms with van der Waals surface area (Å²) in [6.45, 7) is 3.37. The SMILES string of the molecule is CCCCCC[n+]1ccccc1/C=C/c1cccs1.[I-]. The summed E-state index contributed by atoms with van der Waals surface area (Å²) in [4.78, 5) is 1.31. The number of aromatic nitrogens is 1. The minimum atomic E-state index is 0. The van der Waals surface area contributed by atoms with Gasteiger partial charge in [0.25, 0.3) is 0 Å². The van der Waals surface area contributed by atoms with E-state index < -0.39 is 0 Å². The first-order chi connectivity index (χ1) is 9.40. The normalized spacial score (nSPS) is 10.7. The molecule has 0 amide bonds. The molecule has 2 aromatic heterocycles. The van der Waals surface area contributed by atoms with Crippen LogP contribution in [0.2, 0.25) is 0 Å². The van der Waals surface area contributed by atoms with Crippen molar-refractivity contribution in [2.75, 3.05) is 0 Å². The zero-order chi connectivity index (χ0) is 13.3. The Kier molecular flexibility index (Phi) is 8.78. The molecule has 0 aliphatic rings. The molecule has 0 aliphatic heterocycles. The van der Waals surface area contributed by atoms with Crippen molar-refractivity contribution in [2.24, 2.45) is 0 Å². The van der Waals surface area contributed by atoms with Crippen LogP contribution in [0.25, 0.3) is 12.2 Å². The van der Waals surface area contributed by atoms with Gasteiger partial charge in [0.05, 0.1) is 0 Å². The number of rotatable bonds is 7. The fraction of sp³-hybridized carbons (Fsp3) is 0.353.